The average molecular weight is 363 g/mol. The molecule has 6 nitrogen and oxygen atoms in total. The molecule has 1 aliphatic rings. The summed E-state index contributed by atoms with van der Waals surface area (Å²) in [6.07, 6.45) is 0.139. The van der Waals surface area contributed by atoms with Crippen molar-refractivity contribution in [3.05, 3.63) is 29.3 Å². The number of hydrogen-bond acceptors (Lipinski definition) is 4. The molecule has 1 atom stereocenters. The normalized spacial score (nSPS) is 17.6. The maximum Gasteiger partial charge on any atom is 0.305 e. The van der Waals surface area contributed by atoms with Crippen molar-refractivity contribution >= 4 is 11.9 Å². The van der Waals surface area contributed by atoms with Crippen LogP contribution in [0.15, 0.2) is 18.2 Å². The van der Waals surface area contributed by atoms with Crippen molar-refractivity contribution in [2.24, 2.45) is 0 Å². The Labute approximate surface area is 154 Å². The van der Waals surface area contributed by atoms with E-state index in [1.165, 1.54) is 0 Å². The number of carboxylic acid groups (broad SMARTS) is 1. The van der Waals surface area contributed by atoms with Gasteiger partial charge in [-0.2, -0.15) is 0 Å². The van der Waals surface area contributed by atoms with Gasteiger partial charge in [-0.3, -0.25) is 9.59 Å². The average Bonchev–Trinajstić information content (AvgIpc) is 2.56. The molecule has 0 aromatic heterocycles. The molecule has 1 unspecified atom stereocenters. The van der Waals surface area contributed by atoms with Crippen molar-refractivity contribution in [1.82, 2.24) is 5.32 Å². The highest BCUT2D eigenvalue weighted by Crippen LogP contribution is 2.27. The van der Waals surface area contributed by atoms with Gasteiger partial charge in [0.05, 0.1) is 12.0 Å². The minimum Gasteiger partial charge on any atom is -0.481 e. The highest BCUT2D eigenvalue weighted by molar-refractivity contribution is 5.82. The van der Waals surface area contributed by atoms with E-state index >= 15 is 0 Å². The summed E-state index contributed by atoms with van der Waals surface area (Å²) in [6.45, 7) is 8.71. The van der Waals surface area contributed by atoms with Crippen LogP contribution in [0.25, 0.3) is 0 Å². The Morgan fingerprint density at radius 1 is 1.27 bits per heavy atom. The number of carbonyl (C=O) groups is 2. The molecule has 0 bridgehead atoms. The predicted octanol–water partition coefficient (Wildman–Crippen LogP) is 3.03. The van der Waals surface area contributed by atoms with E-state index in [1.807, 2.05) is 19.1 Å². The quantitative estimate of drug-likeness (QED) is 0.778. The fraction of sp³-hybridized carbons (Fsp3) is 0.600. The van der Waals surface area contributed by atoms with Crippen LogP contribution >= 0.6 is 0 Å². The van der Waals surface area contributed by atoms with Gasteiger partial charge in [-0.25, -0.2) is 0 Å². The molecule has 2 N–H and O–H groups in total. The topological polar surface area (TPSA) is 84.9 Å². The molecule has 1 amide bonds. The van der Waals surface area contributed by atoms with E-state index in [4.69, 9.17) is 9.47 Å². The highest BCUT2D eigenvalue weighted by atomic mass is 16.5. The monoisotopic (exact) mass is 363 g/mol. The molecule has 2 rings (SSSR count). The van der Waals surface area contributed by atoms with E-state index in [2.05, 4.69) is 25.2 Å². The van der Waals surface area contributed by atoms with Gasteiger partial charge in [0, 0.05) is 13.2 Å². The lowest BCUT2D eigenvalue weighted by Gasteiger charge is -2.37. The standard InChI is InChI=1S/C20H29NO5/c1-13(2)16-6-5-14(3)17(11-16)26-15(4)19(24)21-20(12-18(22)23)7-9-25-10-8-20/h5-6,11,13,15H,7-10,12H2,1-4H3,(H,21,24)(H,22,23). The first-order valence-corrected chi connectivity index (χ1v) is 9.11. The molecule has 26 heavy (non-hydrogen) atoms. The van der Waals surface area contributed by atoms with Gasteiger partial charge in [-0.1, -0.05) is 26.0 Å². The van der Waals surface area contributed by atoms with Gasteiger partial charge < -0.3 is 19.9 Å². The fourth-order valence-electron chi connectivity index (χ4n) is 3.11. The minimum absolute atomic E-state index is 0.114. The van der Waals surface area contributed by atoms with E-state index in [-0.39, 0.29) is 12.3 Å². The van der Waals surface area contributed by atoms with Crippen LogP contribution in [0.3, 0.4) is 0 Å². The fourth-order valence-corrected chi connectivity index (χ4v) is 3.11. The van der Waals surface area contributed by atoms with Crippen molar-refractivity contribution in [2.75, 3.05) is 13.2 Å². The second kappa shape index (κ2) is 8.54. The highest BCUT2D eigenvalue weighted by Gasteiger charge is 2.37. The van der Waals surface area contributed by atoms with Crippen LogP contribution in [0.1, 0.15) is 57.1 Å². The van der Waals surface area contributed by atoms with Gasteiger partial charge in [0.15, 0.2) is 6.10 Å². The summed E-state index contributed by atoms with van der Waals surface area (Å²) in [6, 6.07) is 6.01. The maximum atomic E-state index is 12.7. The Hall–Kier alpha value is -2.08. The summed E-state index contributed by atoms with van der Waals surface area (Å²) in [5.41, 5.74) is 1.33. The molecule has 1 aromatic carbocycles. The molecule has 1 saturated heterocycles. The molecule has 0 saturated carbocycles. The number of aliphatic carboxylic acids is 1. The van der Waals surface area contributed by atoms with Crippen molar-refractivity contribution < 1.29 is 24.2 Å². The first-order valence-electron chi connectivity index (χ1n) is 9.11. The number of carboxylic acids is 1. The Morgan fingerprint density at radius 2 is 1.92 bits per heavy atom. The van der Waals surface area contributed by atoms with Crippen LogP contribution in [0.5, 0.6) is 5.75 Å². The summed E-state index contributed by atoms with van der Waals surface area (Å²) in [5, 5.41) is 12.1. The van der Waals surface area contributed by atoms with Crippen molar-refractivity contribution in [1.29, 1.82) is 0 Å². The number of hydrogen-bond donors (Lipinski definition) is 2. The smallest absolute Gasteiger partial charge is 0.305 e. The summed E-state index contributed by atoms with van der Waals surface area (Å²) in [5.74, 6) is -0.190. The summed E-state index contributed by atoms with van der Waals surface area (Å²) in [7, 11) is 0. The number of nitrogens with one attached hydrogen (secondary N) is 1. The Kier molecular flexibility index (Phi) is 6.64. The van der Waals surface area contributed by atoms with Gasteiger partial charge in [0.25, 0.3) is 5.91 Å². The van der Waals surface area contributed by atoms with Crippen LogP contribution in [0.4, 0.5) is 0 Å². The zero-order valence-corrected chi connectivity index (χ0v) is 16.0. The van der Waals surface area contributed by atoms with Crippen molar-refractivity contribution in [3.8, 4) is 5.75 Å². The SMILES string of the molecule is Cc1ccc(C(C)C)cc1OC(C)C(=O)NC1(CC(=O)O)CCOCC1. The van der Waals surface area contributed by atoms with E-state index in [0.717, 1.165) is 11.1 Å². The van der Waals surface area contributed by atoms with Gasteiger partial charge in [0.2, 0.25) is 0 Å². The molecule has 0 radical (unpaired) electrons. The molecule has 1 fully saturated rings. The number of rotatable bonds is 7. The maximum absolute atomic E-state index is 12.7. The molecular weight excluding hydrogens is 334 g/mol. The summed E-state index contributed by atoms with van der Waals surface area (Å²) < 4.78 is 11.2. The zero-order chi connectivity index (χ0) is 19.3. The van der Waals surface area contributed by atoms with E-state index < -0.39 is 17.6 Å². The van der Waals surface area contributed by atoms with E-state index in [1.54, 1.807) is 6.92 Å². The van der Waals surface area contributed by atoms with Gasteiger partial charge in [0.1, 0.15) is 5.75 Å². The molecule has 144 valence electrons. The zero-order valence-electron chi connectivity index (χ0n) is 16.0. The third-order valence-corrected chi connectivity index (χ3v) is 4.88. The van der Waals surface area contributed by atoms with Gasteiger partial charge in [-0.15, -0.1) is 0 Å². The predicted molar refractivity (Wildman–Crippen MR) is 98.5 cm³/mol. The molecule has 1 aliphatic heterocycles. The Bertz CT molecular complexity index is 650. The first kappa shape index (κ1) is 20.2. The summed E-state index contributed by atoms with van der Waals surface area (Å²) >= 11 is 0. The lowest BCUT2D eigenvalue weighted by Crippen LogP contribution is -2.56. The largest absolute Gasteiger partial charge is 0.481 e. The van der Waals surface area contributed by atoms with Crippen LogP contribution in [0.2, 0.25) is 0 Å². The van der Waals surface area contributed by atoms with Crippen LogP contribution in [-0.2, 0) is 14.3 Å². The van der Waals surface area contributed by atoms with E-state index in [0.29, 0.717) is 37.7 Å². The van der Waals surface area contributed by atoms with Crippen molar-refractivity contribution in [3.63, 3.8) is 0 Å². The first-order chi connectivity index (χ1) is 12.2. The van der Waals surface area contributed by atoms with Gasteiger partial charge >= 0.3 is 5.97 Å². The van der Waals surface area contributed by atoms with Crippen LogP contribution < -0.4 is 10.1 Å². The molecular formula is C20H29NO5. The van der Waals surface area contributed by atoms with Crippen LogP contribution in [-0.4, -0.2) is 41.8 Å². The molecule has 0 spiro atoms. The number of amides is 1. The minimum atomic E-state index is -0.929. The number of carbonyl (C=O) groups excluding carboxylic acids is 1. The third kappa shape index (κ3) is 5.21. The third-order valence-electron chi connectivity index (χ3n) is 4.88. The molecule has 6 heteroatoms. The number of benzene rings is 1. The van der Waals surface area contributed by atoms with Gasteiger partial charge in [-0.05, 0) is 49.8 Å². The second-order valence-corrected chi connectivity index (χ2v) is 7.39. The number of ether oxygens (including phenoxy) is 2. The molecule has 0 aliphatic carbocycles. The Morgan fingerprint density at radius 3 is 2.50 bits per heavy atom. The molecule has 1 aromatic rings. The lowest BCUT2D eigenvalue weighted by atomic mass is 9.86. The second-order valence-electron chi connectivity index (χ2n) is 7.39. The van der Waals surface area contributed by atoms with E-state index in [9.17, 15) is 14.7 Å². The Balaban J connectivity index is 2.09. The van der Waals surface area contributed by atoms with Crippen molar-refractivity contribution in [2.45, 2.75) is 64.5 Å². The van der Waals surface area contributed by atoms with Crippen LogP contribution in [0, 0.1) is 6.92 Å². The summed E-state index contributed by atoms with van der Waals surface area (Å²) in [4.78, 5) is 23.9. The lowest BCUT2D eigenvalue weighted by molar-refractivity contribution is -0.141. The molecule has 1 heterocycles. The number of aryl methyl sites for hydroxylation is 1.